The number of nitrogens with zero attached hydrogens (tertiary/aromatic N) is 1. The Bertz CT molecular complexity index is 1500. The zero-order chi connectivity index (χ0) is 27.0. The number of halogens is 1. The summed E-state index contributed by atoms with van der Waals surface area (Å²) < 4.78 is 0. The van der Waals surface area contributed by atoms with Crippen molar-refractivity contribution in [2.24, 2.45) is 5.92 Å². The quantitative estimate of drug-likeness (QED) is 0.267. The number of amides is 1. The van der Waals surface area contributed by atoms with Crippen LogP contribution in [-0.4, -0.2) is 33.7 Å². The number of Topliss-reactive ketones (excluding diaryl/α,β-unsaturated/α-hetero) is 1. The zero-order valence-corrected chi connectivity index (χ0v) is 22.4. The molecule has 4 unspecified atom stereocenters. The van der Waals surface area contributed by atoms with Crippen LogP contribution in [0, 0.1) is 19.8 Å². The molecule has 5 nitrogen and oxygen atoms in total. The zero-order valence-electron chi connectivity index (χ0n) is 20.9. The second-order valence-corrected chi connectivity index (χ2v) is 10.9. The molecule has 0 radical (unpaired) electrons. The van der Waals surface area contributed by atoms with Crippen molar-refractivity contribution in [1.29, 1.82) is 0 Å². The second kappa shape index (κ2) is 10.6. The number of carboxylic acids is 1. The van der Waals surface area contributed by atoms with Gasteiger partial charge < -0.3 is 10.0 Å². The maximum Gasteiger partial charge on any atom is 0.327 e. The first-order valence-corrected chi connectivity index (χ1v) is 13.5. The molecule has 7 heteroatoms. The van der Waals surface area contributed by atoms with Gasteiger partial charge in [-0.15, -0.1) is 11.3 Å². The van der Waals surface area contributed by atoms with Gasteiger partial charge in [0.1, 0.15) is 6.04 Å². The van der Waals surface area contributed by atoms with Crippen LogP contribution in [0.3, 0.4) is 0 Å². The van der Waals surface area contributed by atoms with Crippen LogP contribution in [0.4, 0.5) is 0 Å². The van der Waals surface area contributed by atoms with Crippen LogP contribution < -0.4 is 0 Å². The number of ketones is 1. The summed E-state index contributed by atoms with van der Waals surface area (Å²) in [5.74, 6) is -3.34. The average molecular weight is 544 g/mol. The molecular weight excluding hydrogens is 518 g/mol. The molecule has 0 aliphatic carbocycles. The van der Waals surface area contributed by atoms with Gasteiger partial charge in [0.2, 0.25) is 0 Å². The molecule has 2 heterocycles. The average Bonchev–Trinajstić information content (AvgIpc) is 3.50. The Morgan fingerprint density at radius 2 is 1.50 bits per heavy atom. The predicted molar refractivity (Wildman–Crippen MR) is 149 cm³/mol. The Kier molecular flexibility index (Phi) is 7.19. The maximum atomic E-state index is 14.5. The summed E-state index contributed by atoms with van der Waals surface area (Å²) in [5.41, 5.74) is 3.25. The monoisotopic (exact) mass is 543 g/mol. The molecule has 1 fully saturated rings. The molecule has 4 aromatic rings. The Balaban J connectivity index is 1.79. The van der Waals surface area contributed by atoms with Crippen molar-refractivity contribution in [2.45, 2.75) is 31.8 Å². The third-order valence-electron chi connectivity index (χ3n) is 7.30. The molecule has 0 bridgehead atoms. The molecule has 5 rings (SSSR count). The van der Waals surface area contributed by atoms with Gasteiger partial charge in [-0.1, -0.05) is 66.2 Å². The number of carboxylic acid groups (broad SMARTS) is 1. The summed E-state index contributed by atoms with van der Waals surface area (Å²) in [6, 6.07) is 22.7. The molecule has 1 aliphatic rings. The largest absolute Gasteiger partial charge is 0.480 e. The van der Waals surface area contributed by atoms with E-state index in [-0.39, 0.29) is 5.78 Å². The van der Waals surface area contributed by atoms with Gasteiger partial charge in [0.15, 0.2) is 5.78 Å². The minimum absolute atomic E-state index is 0.185. The van der Waals surface area contributed by atoms with Gasteiger partial charge in [0.25, 0.3) is 5.91 Å². The van der Waals surface area contributed by atoms with E-state index >= 15 is 0 Å². The molecule has 4 atom stereocenters. The van der Waals surface area contributed by atoms with E-state index in [1.54, 1.807) is 66.7 Å². The number of likely N-dealkylation sites (tertiary alicyclic amines) is 1. The van der Waals surface area contributed by atoms with E-state index in [1.165, 1.54) is 16.2 Å². The van der Waals surface area contributed by atoms with Crippen molar-refractivity contribution in [2.75, 3.05) is 0 Å². The highest BCUT2D eigenvalue weighted by Crippen LogP contribution is 2.53. The molecule has 1 saturated heterocycles. The lowest BCUT2D eigenvalue weighted by atomic mass is 9.77. The summed E-state index contributed by atoms with van der Waals surface area (Å²) >= 11 is 7.62. The van der Waals surface area contributed by atoms with Crippen LogP contribution in [0.15, 0.2) is 90.3 Å². The SMILES string of the molecule is Cc1ccccc1C(=O)C1C(c2sccc2C)C(C(=O)O)N(C(=O)c2ccccc2)C1c1ccc(Cl)cc1. The number of rotatable bonds is 6. The minimum atomic E-state index is -1.25. The van der Waals surface area contributed by atoms with Gasteiger partial charge in [-0.3, -0.25) is 9.59 Å². The molecule has 1 amide bonds. The van der Waals surface area contributed by atoms with E-state index in [9.17, 15) is 19.5 Å². The third kappa shape index (κ3) is 4.55. The molecule has 0 saturated carbocycles. The van der Waals surface area contributed by atoms with Gasteiger partial charge in [0.05, 0.1) is 12.0 Å². The number of benzene rings is 3. The van der Waals surface area contributed by atoms with Gasteiger partial charge >= 0.3 is 5.97 Å². The van der Waals surface area contributed by atoms with E-state index in [0.717, 1.165) is 16.0 Å². The lowest BCUT2D eigenvalue weighted by Gasteiger charge is -2.30. The topological polar surface area (TPSA) is 74.7 Å². The van der Waals surface area contributed by atoms with Crippen molar-refractivity contribution in [3.05, 3.63) is 128 Å². The standard InChI is InChI=1S/C31H26ClNO4S/c1-18-8-6-7-11-23(18)28(34)24-25(29-19(2)16-17-38-29)27(31(36)37)33(30(35)21-9-4-3-5-10-21)26(24)20-12-14-22(32)15-13-20/h3-17,24-27H,1-2H3,(H,36,37). The molecule has 38 heavy (non-hydrogen) atoms. The summed E-state index contributed by atoms with van der Waals surface area (Å²) in [7, 11) is 0. The first-order chi connectivity index (χ1) is 18.3. The number of carbonyl (C=O) groups excluding carboxylic acids is 2. The molecule has 0 spiro atoms. The van der Waals surface area contributed by atoms with Crippen LogP contribution in [0.1, 0.15) is 54.2 Å². The lowest BCUT2D eigenvalue weighted by molar-refractivity contribution is -0.142. The summed E-state index contributed by atoms with van der Waals surface area (Å²) in [5, 5.41) is 13.1. The highest BCUT2D eigenvalue weighted by molar-refractivity contribution is 7.10. The van der Waals surface area contributed by atoms with Gasteiger partial charge in [-0.2, -0.15) is 0 Å². The second-order valence-electron chi connectivity index (χ2n) is 9.56. The Morgan fingerprint density at radius 1 is 0.842 bits per heavy atom. The fourth-order valence-electron chi connectivity index (χ4n) is 5.56. The lowest BCUT2D eigenvalue weighted by Crippen LogP contribution is -2.43. The first-order valence-electron chi connectivity index (χ1n) is 12.3. The van der Waals surface area contributed by atoms with Gasteiger partial charge in [0, 0.05) is 26.9 Å². The Labute approximate surface area is 230 Å². The van der Waals surface area contributed by atoms with Crippen molar-refractivity contribution < 1.29 is 19.5 Å². The van der Waals surface area contributed by atoms with E-state index in [0.29, 0.717) is 21.7 Å². The van der Waals surface area contributed by atoms with Crippen molar-refractivity contribution in [1.82, 2.24) is 4.90 Å². The molecule has 3 aromatic carbocycles. The fourth-order valence-corrected chi connectivity index (χ4v) is 6.79. The maximum absolute atomic E-state index is 14.5. The van der Waals surface area contributed by atoms with Crippen molar-refractivity contribution >= 4 is 40.6 Å². The minimum Gasteiger partial charge on any atom is -0.480 e. The molecular formula is C31H26ClNO4S. The Hall–Kier alpha value is -3.74. The molecule has 192 valence electrons. The number of thiophene rings is 1. The number of carbonyl (C=O) groups is 3. The first kappa shape index (κ1) is 25.9. The van der Waals surface area contributed by atoms with E-state index in [1.807, 2.05) is 37.4 Å². The normalized spacial score (nSPS) is 20.9. The van der Waals surface area contributed by atoms with Crippen LogP contribution in [-0.2, 0) is 4.79 Å². The number of hydrogen-bond donors (Lipinski definition) is 1. The highest BCUT2D eigenvalue weighted by Gasteiger charge is 2.58. The van der Waals surface area contributed by atoms with Crippen molar-refractivity contribution in [3.63, 3.8) is 0 Å². The van der Waals surface area contributed by atoms with Crippen LogP contribution in [0.25, 0.3) is 0 Å². The van der Waals surface area contributed by atoms with Crippen LogP contribution >= 0.6 is 22.9 Å². The summed E-state index contributed by atoms with van der Waals surface area (Å²) in [4.78, 5) is 43.8. The number of hydrogen-bond acceptors (Lipinski definition) is 4. The summed E-state index contributed by atoms with van der Waals surface area (Å²) in [6.45, 7) is 3.78. The predicted octanol–water partition coefficient (Wildman–Crippen LogP) is 6.95. The number of aryl methyl sites for hydroxylation is 2. The summed E-state index contributed by atoms with van der Waals surface area (Å²) in [6.07, 6.45) is 0. The van der Waals surface area contributed by atoms with E-state index < -0.39 is 35.8 Å². The van der Waals surface area contributed by atoms with Crippen LogP contribution in [0.2, 0.25) is 5.02 Å². The highest BCUT2D eigenvalue weighted by atomic mass is 35.5. The Morgan fingerprint density at radius 3 is 2.11 bits per heavy atom. The molecule has 1 aromatic heterocycles. The van der Waals surface area contributed by atoms with Gasteiger partial charge in [-0.25, -0.2) is 4.79 Å². The van der Waals surface area contributed by atoms with Gasteiger partial charge in [-0.05, 0) is 66.2 Å². The molecule has 1 N–H and O–H groups in total. The van der Waals surface area contributed by atoms with Crippen LogP contribution in [0.5, 0.6) is 0 Å². The van der Waals surface area contributed by atoms with E-state index in [2.05, 4.69) is 0 Å². The molecule has 1 aliphatic heterocycles. The smallest absolute Gasteiger partial charge is 0.327 e. The third-order valence-corrected chi connectivity index (χ3v) is 8.68. The number of aliphatic carboxylic acids is 1. The van der Waals surface area contributed by atoms with Crippen molar-refractivity contribution in [3.8, 4) is 0 Å². The fraction of sp³-hybridized carbons (Fsp3) is 0.194. The van der Waals surface area contributed by atoms with E-state index in [4.69, 9.17) is 11.6 Å².